The second-order valence-corrected chi connectivity index (χ2v) is 9.63. The number of fused-ring (bicyclic) bond motifs is 1. The predicted octanol–water partition coefficient (Wildman–Crippen LogP) is 4.00. The van der Waals surface area contributed by atoms with Gasteiger partial charge in [-0.15, -0.1) is 5.10 Å². The molecule has 0 radical (unpaired) electrons. The maximum Gasteiger partial charge on any atom is 0.253 e. The molecule has 2 saturated carbocycles. The Bertz CT molecular complexity index is 1190. The monoisotopic (exact) mass is 466 g/mol. The Balaban J connectivity index is 1.65. The smallest absolute Gasteiger partial charge is 0.253 e. The van der Waals surface area contributed by atoms with Crippen molar-refractivity contribution in [3.63, 3.8) is 0 Å². The van der Waals surface area contributed by atoms with E-state index in [1.165, 1.54) is 32.1 Å². The van der Waals surface area contributed by atoms with Gasteiger partial charge in [-0.05, 0) is 55.3 Å². The molecule has 2 aliphatic carbocycles. The lowest BCUT2D eigenvalue weighted by molar-refractivity contribution is 0.147. The molecule has 2 fully saturated rings. The third kappa shape index (κ3) is 4.17. The van der Waals surface area contributed by atoms with Crippen molar-refractivity contribution in [3.8, 4) is 11.5 Å². The normalized spacial score (nSPS) is 18.6. The zero-order valence-electron chi connectivity index (χ0n) is 20.3. The van der Waals surface area contributed by atoms with Crippen LogP contribution < -0.4 is 15.0 Å². The summed E-state index contributed by atoms with van der Waals surface area (Å²) in [5, 5.41) is 13.8. The Labute approximate surface area is 199 Å². The molecular formula is C25H34N6O3. The van der Waals surface area contributed by atoms with Gasteiger partial charge < -0.3 is 14.5 Å². The zero-order chi connectivity index (χ0) is 23.7. The number of hydrogen-bond donors (Lipinski definition) is 1. The van der Waals surface area contributed by atoms with Crippen LogP contribution in [0.15, 0.2) is 23.0 Å². The van der Waals surface area contributed by atoms with E-state index in [0.717, 1.165) is 36.9 Å². The second kappa shape index (κ2) is 9.74. The van der Waals surface area contributed by atoms with Crippen molar-refractivity contribution in [3.05, 3.63) is 39.9 Å². The van der Waals surface area contributed by atoms with Gasteiger partial charge in [-0.1, -0.05) is 32.1 Å². The van der Waals surface area contributed by atoms with Crippen molar-refractivity contribution < 1.29 is 9.47 Å². The van der Waals surface area contributed by atoms with Crippen LogP contribution in [0.3, 0.4) is 0 Å². The second-order valence-electron chi connectivity index (χ2n) is 9.63. The molecular weight excluding hydrogens is 432 g/mol. The highest BCUT2D eigenvalue weighted by Gasteiger charge is 2.35. The number of aromatic amines is 1. The third-order valence-corrected chi connectivity index (χ3v) is 7.66. The molecule has 0 bridgehead atoms. The van der Waals surface area contributed by atoms with Gasteiger partial charge >= 0.3 is 0 Å². The summed E-state index contributed by atoms with van der Waals surface area (Å²) in [6, 6.07) is 6.02. The van der Waals surface area contributed by atoms with Crippen LogP contribution in [0.5, 0.6) is 11.5 Å². The van der Waals surface area contributed by atoms with E-state index in [4.69, 9.17) is 9.47 Å². The average molecular weight is 467 g/mol. The Hall–Kier alpha value is -2.94. The molecule has 0 aliphatic heterocycles. The fourth-order valence-corrected chi connectivity index (χ4v) is 5.78. The molecule has 9 heteroatoms. The molecule has 182 valence electrons. The number of nitrogens with zero attached hydrogens (tertiary/aromatic N) is 5. The number of nitrogens with one attached hydrogen (secondary N) is 1. The number of pyridine rings is 1. The van der Waals surface area contributed by atoms with Crippen LogP contribution >= 0.6 is 0 Å². The standard InChI is InChI=1S/C25H34N6O3/c1-30(17-9-5-4-6-10-17)23(24-27-28-29-31(24)18-11-7-8-12-18)19-13-16-14-21(33-2)22(34-3)15-20(16)26-25(19)32/h13-15,17-18,23H,4-12H2,1-3H3,(H,26,32)/t23-/m1/s1. The van der Waals surface area contributed by atoms with Crippen molar-refractivity contribution in [2.24, 2.45) is 0 Å². The van der Waals surface area contributed by atoms with Crippen molar-refractivity contribution >= 4 is 10.9 Å². The molecule has 2 heterocycles. The molecule has 9 nitrogen and oxygen atoms in total. The van der Waals surface area contributed by atoms with Gasteiger partial charge in [0.15, 0.2) is 17.3 Å². The molecule has 1 aromatic carbocycles. The first-order valence-corrected chi connectivity index (χ1v) is 12.4. The number of methoxy groups -OCH3 is 2. The Kier molecular flexibility index (Phi) is 6.54. The maximum absolute atomic E-state index is 13.5. The van der Waals surface area contributed by atoms with Crippen molar-refractivity contribution in [1.29, 1.82) is 0 Å². The molecule has 0 amide bonds. The Morgan fingerprint density at radius 1 is 1.00 bits per heavy atom. The Morgan fingerprint density at radius 2 is 1.68 bits per heavy atom. The van der Waals surface area contributed by atoms with Gasteiger partial charge in [0.2, 0.25) is 0 Å². The van der Waals surface area contributed by atoms with Crippen LogP contribution in [-0.4, -0.2) is 57.4 Å². The lowest BCUT2D eigenvalue weighted by atomic mass is 9.92. The van der Waals surface area contributed by atoms with Crippen molar-refractivity contribution in [2.75, 3.05) is 21.3 Å². The van der Waals surface area contributed by atoms with Gasteiger partial charge in [0.1, 0.15) is 6.04 Å². The summed E-state index contributed by atoms with van der Waals surface area (Å²) >= 11 is 0. The zero-order valence-corrected chi connectivity index (χ0v) is 20.3. The number of ether oxygens (including phenoxy) is 2. The van der Waals surface area contributed by atoms with Crippen molar-refractivity contribution in [1.82, 2.24) is 30.1 Å². The SMILES string of the molecule is COc1cc2cc([C@H](c3nnnn3C3CCCC3)N(C)C3CCCCC3)c(=O)[nH]c2cc1OC. The van der Waals surface area contributed by atoms with Crippen LogP contribution in [0.25, 0.3) is 10.9 Å². The summed E-state index contributed by atoms with van der Waals surface area (Å²) < 4.78 is 12.9. The van der Waals surface area contributed by atoms with Crippen LogP contribution in [0, 0.1) is 0 Å². The van der Waals surface area contributed by atoms with Crippen LogP contribution in [0.2, 0.25) is 0 Å². The summed E-state index contributed by atoms with van der Waals surface area (Å²) in [4.78, 5) is 18.9. The molecule has 2 aliphatic rings. The van der Waals surface area contributed by atoms with Crippen LogP contribution in [0.1, 0.15) is 81.3 Å². The number of rotatable bonds is 7. The van der Waals surface area contributed by atoms with E-state index in [-0.39, 0.29) is 17.6 Å². The highest BCUT2D eigenvalue weighted by Crippen LogP contribution is 2.37. The van der Waals surface area contributed by atoms with Gasteiger partial charge in [-0.25, -0.2) is 4.68 Å². The van der Waals surface area contributed by atoms with Gasteiger partial charge in [-0.3, -0.25) is 9.69 Å². The summed E-state index contributed by atoms with van der Waals surface area (Å²) in [5.41, 5.74) is 1.23. The molecule has 5 rings (SSSR count). The highest BCUT2D eigenvalue weighted by molar-refractivity contribution is 5.83. The first-order valence-electron chi connectivity index (χ1n) is 12.4. The van der Waals surface area contributed by atoms with Gasteiger partial charge in [-0.2, -0.15) is 0 Å². The fourth-order valence-electron chi connectivity index (χ4n) is 5.78. The molecule has 2 aromatic heterocycles. The van der Waals surface area contributed by atoms with E-state index in [9.17, 15) is 4.79 Å². The third-order valence-electron chi connectivity index (χ3n) is 7.66. The minimum Gasteiger partial charge on any atom is -0.493 e. The van der Waals surface area contributed by atoms with Crippen molar-refractivity contribution in [2.45, 2.75) is 75.9 Å². The van der Waals surface area contributed by atoms with E-state index in [1.54, 1.807) is 14.2 Å². The number of H-pyrrole nitrogens is 1. The molecule has 1 atom stereocenters. The van der Waals surface area contributed by atoms with E-state index in [1.807, 2.05) is 22.9 Å². The number of benzene rings is 1. The average Bonchev–Trinajstić information content (AvgIpc) is 3.56. The topological polar surface area (TPSA) is 98.2 Å². The minimum absolute atomic E-state index is 0.131. The molecule has 0 saturated heterocycles. The first-order chi connectivity index (χ1) is 16.6. The van der Waals surface area contributed by atoms with E-state index in [0.29, 0.717) is 28.6 Å². The number of aromatic nitrogens is 5. The highest BCUT2D eigenvalue weighted by atomic mass is 16.5. The predicted molar refractivity (Wildman–Crippen MR) is 129 cm³/mol. The van der Waals surface area contributed by atoms with E-state index < -0.39 is 0 Å². The fraction of sp³-hybridized carbons (Fsp3) is 0.600. The summed E-state index contributed by atoms with van der Waals surface area (Å²) in [6.07, 6.45) is 10.4. The Morgan fingerprint density at radius 3 is 2.38 bits per heavy atom. The lowest BCUT2D eigenvalue weighted by Gasteiger charge is -2.36. The van der Waals surface area contributed by atoms with Gasteiger partial charge in [0.25, 0.3) is 5.56 Å². The molecule has 1 N–H and O–H groups in total. The minimum atomic E-state index is -0.333. The summed E-state index contributed by atoms with van der Waals surface area (Å²) in [5.74, 6) is 1.96. The van der Waals surface area contributed by atoms with Crippen LogP contribution in [0.4, 0.5) is 0 Å². The quantitative estimate of drug-likeness (QED) is 0.562. The largest absolute Gasteiger partial charge is 0.493 e. The molecule has 3 aromatic rings. The van der Waals surface area contributed by atoms with Crippen LogP contribution in [-0.2, 0) is 0 Å². The molecule has 0 spiro atoms. The summed E-state index contributed by atoms with van der Waals surface area (Å²) in [7, 11) is 5.33. The lowest BCUT2D eigenvalue weighted by Crippen LogP contribution is -2.40. The van der Waals surface area contributed by atoms with Gasteiger partial charge in [0.05, 0.1) is 25.8 Å². The number of hydrogen-bond acceptors (Lipinski definition) is 7. The molecule has 34 heavy (non-hydrogen) atoms. The first kappa shape index (κ1) is 22.8. The van der Waals surface area contributed by atoms with E-state index >= 15 is 0 Å². The summed E-state index contributed by atoms with van der Waals surface area (Å²) in [6.45, 7) is 0. The maximum atomic E-state index is 13.5. The van der Waals surface area contributed by atoms with Gasteiger partial charge in [0, 0.05) is 23.1 Å². The van der Waals surface area contributed by atoms with E-state index in [2.05, 4.69) is 32.5 Å². The number of tetrazole rings is 1. The molecule has 0 unspecified atom stereocenters.